The molecule has 0 heterocycles. The number of hydrogen-bond acceptors (Lipinski definition) is 4. The van der Waals surface area contributed by atoms with Gasteiger partial charge in [0.05, 0.1) is 23.2 Å². The van der Waals surface area contributed by atoms with E-state index in [4.69, 9.17) is 16.7 Å². The number of carboxylic acids is 1. The maximum absolute atomic E-state index is 12.3. The lowest BCUT2D eigenvalue weighted by Gasteiger charge is -2.22. The number of carbonyl (C=O) groups is 2. The van der Waals surface area contributed by atoms with E-state index >= 15 is 0 Å². The molecule has 0 saturated heterocycles. The average molecular weight is 383 g/mol. The first-order valence-corrected chi connectivity index (χ1v) is 9.26. The summed E-state index contributed by atoms with van der Waals surface area (Å²) < 4.78 is 24.9. The van der Waals surface area contributed by atoms with Crippen LogP contribution in [0.25, 0.3) is 0 Å². The molecule has 132 valence electrons. The zero-order valence-corrected chi connectivity index (χ0v) is 14.7. The molecule has 0 saturated carbocycles. The second-order valence-corrected chi connectivity index (χ2v) is 7.49. The summed E-state index contributed by atoms with van der Waals surface area (Å²) in [6.45, 7) is -0.521. The second-order valence-electron chi connectivity index (χ2n) is 5.15. The highest BCUT2D eigenvalue weighted by atomic mass is 35.5. The minimum Gasteiger partial charge on any atom is -0.478 e. The number of amides is 1. The Bertz CT molecular complexity index is 914. The monoisotopic (exact) mass is 382 g/mol. The quantitative estimate of drug-likeness (QED) is 0.798. The molecule has 0 radical (unpaired) electrons. The van der Waals surface area contributed by atoms with Crippen LogP contribution in [0.3, 0.4) is 0 Å². The molecule has 2 rings (SSSR count). The van der Waals surface area contributed by atoms with Crippen molar-refractivity contribution in [1.82, 2.24) is 0 Å². The van der Waals surface area contributed by atoms with Crippen molar-refractivity contribution in [3.05, 3.63) is 59.1 Å². The minimum absolute atomic E-state index is 0.0829. The number of aromatic carboxylic acids is 1. The van der Waals surface area contributed by atoms with Gasteiger partial charge in [0.2, 0.25) is 15.9 Å². The highest BCUT2D eigenvalue weighted by Gasteiger charge is 2.22. The number of benzene rings is 2. The molecule has 0 aliphatic carbocycles. The predicted octanol–water partition coefficient (Wildman–Crippen LogP) is 2.44. The molecule has 1 amide bonds. The van der Waals surface area contributed by atoms with Gasteiger partial charge in [0.1, 0.15) is 6.54 Å². The Kier molecular flexibility index (Phi) is 5.66. The van der Waals surface area contributed by atoms with Gasteiger partial charge in [-0.1, -0.05) is 29.8 Å². The van der Waals surface area contributed by atoms with E-state index in [0.717, 1.165) is 10.6 Å². The Labute approximate surface area is 149 Å². The summed E-state index contributed by atoms with van der Waals surface area (Å²) in [4.78, 5) is 23.4. The van der Waals surface area contributed by atoms with E-state index < -0.39 is 28.4 Å². The van der Waals surface area contributed by atoms with Crippen LogP contribution in [0.2, 0.25) is 5.02 Å². The van der Waals surface area contributed by atoms with E-state index in [1.165, 1.54) is 30.3 Å². The van der Waals surface area contributed by atoms with Crippen LogP contribution in [0.5, 0.6) is 0 Å². The number of sulfonamides is 1. The summed E-state index contributed by atoms with van der Waals surface area (Å²) in [5.74, 6) is -1.88. The number of anilines is 2. The lowest BCUT2D eigenvalue weighted by molar-refractivity contribution is -0.114. The Morgan fingerprint density at radius 3 is 2.44 bits per heavy atom. The highest BCUT2D eigenvalue weighted by molar-refractivity contribution is 7.92. The molecule has 2 N–H and O–H groups in total. The number of carboxylic acid groups (broad SMARTS) is 1. The second kappa shape index (κ2) is 7.54. The zero-order chi connectivity index (χ0) is 18.6. The SMILES string of the molecule is CS(=O)(=O)N(CC(=O)Nc1ccccc1C(=O)O)c1cccc(Cl)c1. The van der Waals surface area contributed by atoms with Crippen LogP contribution in [-0.2, 0) is 14.8 Å². The lowest BCUT2D eigenvalue weighted by Crippen LogP contribution is -2.37. The summed E-state index contributed by atoms with van der Waals surface area (Å²) in [6, 6.07) is 11.9. The molecule has 9 heteroatoms. The Morgan fingerprint density at radius 2 is 1.84 bits per heavy atom. The van der Waals surface area contributed by atoms with Crippen LogP contribution in [0, 0.1) is 0 Å². The van der Waals surface area contributed by atoms with E-state index in [0.29, 0.717) is 5.02 Å². The van der Waals surface area contributed by atoms with Gasteiger partial charge in [0.25, 0.3) is 0 Å². The van der Waals surface area contributed by atoms with Gasteiger partial charge in [-0.05, 0) is 30.3 Å². The fraction of sp³-hybridized carbons (Fsp3) is 0.125. The molecule has 0 aromatic heterocycles. The summed E-state index contributed by atoms with van der Waals surface area (Å²) in [5.41, 5.74) is 0.223. The third-order valence-corrected chi connectivity index (χ3v) is 4.59. The van der Waals surface area contributed by atoms with Crippen LogP contribution in [0.4, 0.5) is 11.4 Å². The molecular formula is C16H15ClN2O5S. The number of halogens is 1. The standard InChI is InChI=1S/C16H15ClN2O5S/c1-25(23,24)19(12-6-4-5-11(17)9-12)10-15(20)18-14-8-3-2-7-13(14)16(21)22/h2-9H,10H2,1H3,(H,18,20)(H,21,22). The topological polar surface area (TPSA) is 104 Å². The third-order valence-electron chi connectivity index (χ3n) is 3.22. The summed E-state index contributed by atoms with van der Waals surface area (Å²) in [6.07, 6.45) is 0.965. The van der Waals surface area contributed by atoms with Gasteiger partial charge in [-0.3, -0.25) is 9.10 Å². The molecule has 0 aliphatic heterocycles. The Morgan fingerprint density at radius 1 is 1.16 bits per heavy atom. The van der Waals surface area contributed by atoms with Crippen molar-refractivity contribution >= 4 is 44.9 Å². The van der Waals surface area contributed by atoms with E-state index in [1.807, 2.05) is 0 Å². The van der Waals surface area contributed by atoms with Gasteiger partial charge < -0.3 is 10.4 Å². The number of nitrogens with zero attached hydrogens (tertiary/aromatic N) is 1. The van der Waals surface area contributed by atoms with Crippen molar-refractivity contribution in [3.63, 3.8) is 0 Å². The fourth-order valence-electron chi connectivity index (χ4n) is 2.13. The molecule has 2 aromatic rings. The van der Waals surface area contributed by atoms with Crippen molar-refractivity contribution < 1.29 is 23.1 Å². The largest absolute Gasteiger partial charge is 0.478 e. The molecule has 25 heavy (non-hydrogen) atoms. The first-order valence-electron chi connectivity index (χ1n) is 7.04. The van der Waals surface area contributed by atoms with E-state index in [1.54, 1.807) is 18.2 Å². The van der Waals surface area contributed by atoms with Crippen LogP contribution in [0.1, 0.15) is 10.4 Å². The molecule has 0 aliphatic rings. The molecule has 0 atom stereocenters. The minimum atomic E-state index is -3.75. The summed E-state index contributed by atoms with van der Waals surface area (Å²) >= 11 is 5.87. The smallest absolute Gasteiger partial charge is 0.337 e. The van der Waals surface area contributed by atoms with Gasteiger partial charge in [0, 0.05) is 5.02 Å². The van der Waals surface area contributed by atoms with E-state index in [2.05, 4.69) is 5.32 Å². The lowest BCUT2D eigenvalue weighted by atomic mass is 10.2. The number of nitrogens with one attached hydrogen (secondary N) is 1. The summed E-state index contributed by atoms with van der Waals surface area (Å²) in [7, 11) is -3.75. The third kappa shape index (κ3) is 4.94. The molecular weight excluding hydrogens is 368 g/mol. The van der Waals surface area contributed by atoms with Gasteiger partial charge in [0.15, 0.2) is 0 Å². The number of carbonyl (C=O) groups excluding carboxylic acids is 1. The predicted molar refractivity (Wildman–Crippen MR) is 95.7 cm³/mol. The average Bonchev–Trinajstić information content (AvgIpc) is 2.52. The van der Waals surface area contributed by atoms with Gasteiger partial charge in [-0.25, -0.2) is 13.2 Å². The molecule has 2 aromatic carbocycles. The number of rotatable bonds is 6. The van der Waals surface area contributed by atoms with Crippen molar-refractivity contribution in [1.29, 1.82) is 0 Å². The van der Waals surface area contributed by atoms with E-state index in [9.17, 15) is 18.0 Å². The first-order chi connectivity index (χ1) is 11.7. The van der Waals surface area contributed by atoms with Crippen molar-refractivity contribution in [2.45, 2.75) is 0 Å². The molecule has 0 fully saturated rings. The Balaban J connectivity index is 2.26. The molecule has 0 unspecified atom stereocenters. The van der Waals surface area contributed by atoms with Crippen molar-refractivity contribution in [2.75, 3.05) is 22.4 Å². The summed E-state index contributed by atoms with van der Waals surface area (Å²) in [5, 5.41) is 11.9. The van der Waals surface area contributed by atoms with Crippen molar-refractivity contribution in [2.24, 2.45) is 0 Å². The normalized spacial score (nSPS) is 11.0. The highest BCUT2D eigenvalue weighted by Crippen LogP contribution is 2.22. The number of para-hydroxylation sites is 1. The van der Waals surface area contributed by atoms with Gasteiger partial charge in [-0.15, -0.1) is 0 Å². The maximum atomic E-state index is 12.3. The van der Waals surface area contributed by atoms with Gasteiger partial charge in [-0.2, -0.15) is 0 Å². The molecule has 0 spiro atoms. The Hall–Kier alpha value is -2.58. The van der Waals surface area contributed by atoms with E-state index in [-0.39, 0.29) is 16.9 Å². The fourth-order valence-corrected chi connectivity index (χ4v) is 3.16. The van der Waals surface area contributed by atoms with Crippen molar-refractivity contribution in [3.8, 4) is 0 Å². The first kappa shape index (κ1) is 18.8. The van der Waals surface area contributed by atoms with Crippen LogP contribution >= 0.6 is 11.6 Å². The van der Waals surface area contributed by atoms with Crippen LogP contribution < -0.4 is 9.62 Å². The molecule has 7 nitrogen and oxygen atoms in total. The van der Waals surface area contributed by atoms with Crippen LogP contribution in [-0.4, -0.2) is 38.2 Å². The zero-order valence-electron chi connectivity index (χ0n) is 13.1. The van der Waals surface area contributed by atoms with Crippen LogP contribution in [0.15, 0.2) is 48.5 Å². The van der Waals surface area contributed by atoms with Gasteiger partial charge >= 0.3 is 5.97 Å². The number of hydrogen-bond donors (Lipinski definition) is 2. The molecule has 0 bridgehead atoms. The maximum Gasteiger partial charge on any atom is 0.337 e.